The Balaban J connectivity index is 2.16. The Hall–Kier alpha value is -2.06. The highest BCUT2D eigenvalue weighted by Gasteiger charge is 2.03. The van der Waals surface area contributed by atoms with Crippen LogP contribution >= 0.6 is 0 Å². The van der Waals surface area contributed by atoms with Crippen molar-refractivity contribution in [3.63, 3.8) is 0 Å². The molecule has 88 valence electrons. The summed E-state index contributed by atoms with van der Waals surface area (Å²) >= 11 is 0. The number of nitrogens with zero attached hydrogens (tertiary/aromatic N) is 3. The van der Waals surface area contributed by atoms with Crippen LogP contribution in [-0.2, 0) is 0 Å². The van der Waals surface area contributed by atoms with Crippen molar-refractivity contribution >= 4 is 11.3 Å². The summed E-state index contributed by atoms with van der Waals surface area (Å²) in [6, 6.07) is 1.73. The van der Waals surface area contributed by atoms with Crippen molar-refractivity contribution in [2.24, 2.45) is 0 Å². The van der Waals surface area contributed by atoms with E-state index in [0.29, 0.717) is 11.3 Å². The molecule has 0 saturated carbocycles. The second-order valence-corrected chi connectivity index (χ2v) is 3.57. The molecule has 17 heavy (non-hydrogen) atoms. The fourth-order valence-corrected chi connectivity index (χ4v) is 1.48. The zero-order valence-electron chi connectivity index (χ0n) is 9.77. The number of rotatable bonds is 3. The van der Waals surface area contributed by atoms with Crippen LogP contribution in [0, 0.1) is 11.8 Å². The molecule has 5 nitrogen and oxygen atoms in total. The molecule has 3 N–H and O–H groups in total. The lowest BCUT2D eigenvalue weighted by atomic mass is 10.4. The average Bonchev–Trinajstić information content (AvgIpc) is 2.74. The average molecular weight is 229 g/mol. The summed E-state index contributed by atoms with van der Waals surface area (Å²) in [7, 11) is 0. The molecule has 0 fully saturated rings. The summed E-state index contributed by atoms with van der Waals surface area (Å²) in [5, 5.41) is 7.39. The molecule has 2 heterocycles. The highest BCUT2D eigenvalue weighted by molar-refractivity contribution is 5.64. The predicted molar refractivity (Wildman–Crippen MR) is 67.4 cm³/mol. The van der Waals surface area contributed by atoms with Crippen molar-refractivity contribution in [2.45, 2.75) is 13.3 Å². The van der Waals surface area contributed by atoms with Crippen LogP contribution in [0.1, 0.15) is 19.0 Å². The van der Waals surface area contributed by atoms with Gasteiger partial charge in [-0.15, -0.1) is 0 Å². The summed E-state index contributed by atoms with van der Waals surface area (Å²) < 4.78 is 1.66. The number of hydrogen-bond donors (Lipinski definition) is 2. The van der Waals surface area contributed by atoms with Gasteiger partial charge >= 0.3 is 0 Å². The van der Waals surface area contributed by atoms with Gasteiger partial charge in [-0.1, -0.05) is 12.8 Å². The van der Waals surface area contributed by atoms with Gasteiger partial charge < -0.3 is 11.1 Å². The molecular weight excluding hydrogens is 214 g/mol. The topological polar surface area (TPSA) is 68.2 Å². The van der Waals surface area contributed by atoms with Crippen LogP contribution in [0.2, 0.25) is 0 Å². The Morgan fingerprint density at radius 3 is 3.24 bits per heavy atom. The third kappa shape index (κ3) is 2.55. The van der Waals surface area contributed by atoms with E-state index in [4.69, 9.17) is 5.73 Å². The molecule has 0 bridgehead atoms. The van der Waals surface area contributed by atoms with Crippen LogP contribution in [-0.4, -0.2) is 27.7 Å². The molecule has 2 aromatic heterocycles. The van der Waals surface area contributed by atoms with Crippen molar-refractivity contribution in [1.82, 2.24) is 19.9 Å². The first-order valence-electron chi connectivity index (χ1n) is 5.60. The monoisotopic (exact) mass is 229 g/mol. The zero-order chi connectivity index (χ0) is 12.1. The Morgan fingerprint density at radius 2 is 2.41 bits per heavy atom. The number of nitrogens with two attached hydrogens (primary N) is 1. The van der Waals surface area contributed by atoms with E-state index in [1.54, 1.807) is 23.0 Å². The molecule has 2 aromatic rings. The lowest BCUT2D eigenvalue weighted by Crippen LogP contribution is -2.13. The normalized spacial score (nSPS) is 10.2. The Labute approximate surface area is 100 Å². The Kier molecular flexibility index (Phi) is 3.58. The minimum absolute atomic E-state index is 0.612. The van der Waals surface area contributed by atoms with Gasteiger partial charge in [0, 0.05) is 13.0 Å². The zero-order valence-corrected chi connectivity index (χ0v) is 9.77. The maximum atomic E-state index is 5.78. The Bertz CT molecular complexity index is 561. The third-order valence-corrected chi connectivity index (χ3v) is 2.33. The van der Waals surface area contributed by atoms with Crippen molar-refractivity contribution in [1.29, 1.82) is 0 Å². The van der Waals surface area contributed by atoms with E-state index >= 15 is 0 Å². The molecule has 0 atom stereocenters. The van der Waals surface area contributed by atoms with Crippen molar-refractivity contribution < 1.29 is 0 Å². The van der Waals surface area contributed by atoms with Crippen molar-refractivity contribution in [3.8, 4) is 11.8 Å². The van der Waals surface area contributed by atoms with Crippen molar-refractivity contribution in [3.05, 3.63) is 24.2 Å². The van der Waals surface area contributed by atoms with E-state index in [9.17, 15) is 0 Å². The first-order chi connectivity index (χ1) is 8.33. The fraction of sp³-hybridized carbons (Fsp3) is 0.333. The molecule has 0 aromatic carbocycles. The number of anilines is 1. The first-order valence-corrected chi connectivity index (χ1v) is 5.60. The first kappa shape index (κ1) is 11.4. The molecule has 0 amide bonds. The molecule has 0 aliphatic carbocycles. The lowest BCUT2D eigenvalue weighted by Gasteiger charge is -1.96. The standard InChI is InChI=1S/C12H15N5/c1-2-14-7-4-3-5-10-9-15-12-11(13)6-8-16-17(10)12/h6,8-9,14H,2,4,7,13H2,1H3. The van der Waals surface area contributed by atoms with E-state index in [1.165, 1.54) is 0 Å². The van der Waals surface area contributed by atoms with Crippen LogP contribution < -0.4 is 11.1 Å². The van der Waals surface area contributed by atoms with Gasteiger partial charge in [-0.2, -0.15) is 5.10 Å². The molecule has 0 unspecified atom stereocenters. The third-order valence-electron chi connectivity index (χ3n) is 2.33. The number of fused-ring (bicyclic) bond motifs is 1. The highest BCUT2D eigenvalue weighted by atomic mass is 15.3. The quantitative estimate of drug-likeness (QED) is 0.599. The van der Waals surface area contributed by atoms with Gasteiger partial charge in [0.05, 0.1) is 18.1 Å². The van der Waals surface area contributed by atoms with Crippen LogP contribution in [0.25, 0.3) is 5.65 Å². The SMILES string of the molecule is CCNCCC#Cc1cnc2c(N)ccnn12. The van der Waals surface area contributed by atoms with Gasteiger partial charge in [0.1, 0.15) is 5.69 Å². The second kappa shape index (κ2) is 5.32. The molecule has 0 radical (unpaired) electrons. The predicted octanol–water partition coefficient (Wildman–Crippen LogP) is 0.663. The maximum absolute atomic E-state index is 5.78. The largest absolute Gasteiger partial charge is 0.396 e. The van der Waals surface area contributed by atoms with Crippen LogP contribution in [0.15, 0.2) is 18.5 Å². The smallest absolute Gasteiger partial charge is 0.178 e. The number of imidazole rings is 1. The van der Waals surface area contributed by atoms with Crippen LogP contribution in [0.3, 0.4) is 0 Å². The number of nitrogens with one attached hydrogen (secondary N) is 1. The molecule has 0 aliphatic rings. The van der Waals surface area contributed by atoms with Gasteiger partial charge in [0.25, 0.3) is 0 Å². The van der Waals surface area contributed by atoms with Gasteiger partial charge in [-0.3, -0.25) is 0 Å². The van der Waals surface area contributed by atoms with Crippen LogP contribution in [0.4, 0.5) is 5.69 Å². The van der Waals surface area contributed by atoms with E-state index in [1.807, 2.05) is 0 Å². The molecule has 0 aliphatic heterocycles. The summed E-state index contributed by atoms with van der Waals surface area (Å²) in [6.45, 7) is 3.94. The van der Waals surface area contributed by atoms with E-state index in [2.05, 4.69) is 34.2 Å². The fourth-order valence-electron chi connectivity index (χ4n) is 1.48. The Morgan fingerprint density at radius 1 is 1.53 bits per heavy atom. The summed E-state index contributed by atoms with van der Waals surface area (Å²) in [5.41, 5.74) is 7.82. The second-order valence-electron chi connectivity index (χ2n) is 3.57. The van der Waals surface area contributed by atoms with E-state index in [-0.39, 0.29) is 0 Å². The van der Waals surface area contributed by atoms with E-state index < -0.39 is 0 Å². The minimum Gasteiger partial charge on any atom is -0.396 e. The summed E-state index contributed by atoms with van der Waals surface area (Å²) in [5.74, 6) is 6.13. The van der Waals surface area contributed by atoms with Gasteiger partial charge in [0.2, 0.25) is 0 Å². The van der Waals surface area contributed by atoms with Gasteiger partial charge in [0.15, 0.2) is 5.65 Å². The lowest BCUT2D eigenvalue weighted by molar-refractivity contribution is 0.733. The minimum atomic E-state index is 0.612. The van der Waals surface area contributed by atoms with Crippen LogP contribution in [0.5, 0.6) is 0 Å². The van der Waals surface area contributed by atoms with Crippen molar-refractivity contribution in [2.75, 3.05) is 18.8 Å². The van der Waals surface area contributed by atoms with E-state index in [0.717, 1.165) is 25.2 Å². The highest BCUT2D eigenvalue weighted by Crippen LogP contribution is 2.10. The molecule has 2 rings (SSSR count). The van der Waals surface area contributed by atoms with Gasteiger partial charge in [-0.25, -0.2) is 9.50 Å². The number of nitrogen functional groups attached to an aromatic ring is 1. The molecule has 0 spiro atoms. The summed E-state index contributed by atoms with van der Waals surface area (Å²) in [6.07, 6.45) is 4.15. The maximum Gasteiger partial charge on any atom is 0.178 e. The molecule has 5 heteroatoms. The molecular formula is C12H15N5. The van der Waals surface area contributed by atoms with Gasteiger partial charge in [-0.05, 0) is 18.5 Å². The number of hydrogen-bond acceptors (Lipinski definition) is 4. The number of aromatic nitrogens is 3. The molecule has 0 saturated heterocycles. The summed E-state index contributed by atoms with van der Waals surface area (Å²) in [4.78, 5) is 4.19.